The Hall–Kier alpha value is -2.75. The Labute approximate surface area is 176 Å². The lowest BCUT2D eigenvalue weighted by atomic mass is 10.0. The van der Waals surface area contributed by atoms with E-state index in [9.17, 15) is 18.0 Å². The van der Waals surface area contributed by atoms with Crippen molar-refractivity contribution in [2.75, 3.05) is 26.7 Å². The van der Waals surface area contributed by atoms with Crippen LogP contribution in [0.2, 0.25) is 0 Å². The number of carbonyl (C=O) groups excluding carboxylic acids is 2. The summed E-state index contributed by atoms with van der Waals surface area (Å²) in [5.74, 6) is -0.419. The fourth-order valence-electron chi connectivity index (χ4n) is 3.56. The van der Waals surface area contributed by atoms with Gasteiger partial charge in [-0.15, -0.1) is 0 Å². The molecule has 1 unspecified atom stereocenters. The van der Waals surface area contributed by atoms with Crippen molar-refractivity contribution >= 4 is 21.8 Å². The zero-order chi connectivity index (χ0) is 21.9. The molecule has 0 aromatic heterocycles. The van der Waals surface area contributed by atoms with Gasteiger partial charge in [0.1, 0.15) is 5.75 Å². The van der Waals surface area contributed by atoms with Crippen LogP contribution in [-0.4, -0.2) is 51.9 Å². The third-order valence-electron chi connectivity index (χ3n) is 5.22. The molecular weight excluding hydrogens is 406 g/mol. The van der Waals surface area contributed by atoms with Crippen LogP contribution in [0.1, 0.15) is 46.2 Å². The number of fused-ring (bicyclic) bond motifs is 1. The normalized spacial score (nSPS) is 14.5. The van der Waals surface area contributed by atoms with Gasteiger partial charge in [0.05, 0.1) is 23.1 Å². The Morgan fingerprint density at radius 2 is 1.73 bits per heavy atom. The van der Waals surface area contributed by atoms with Crippen molar-refractivity contribution in [1.82, 2.24) is 14.9 Å². The maximum absolute atomic E-state index is 12.9. The second-order valence-corrected chi connectivity index (χ2v) is 8.62. The van der Waals surface area contributed by atoms with E-state index in [-0.39, 0.29) is 28.6 Å². The summed E-state index contributed by atoms with van der Waals surface area (Å²) in [7, 11) is -2.30. The molecular formula is C21H25N3O5S. The van der Waals surface area contributed by atoms with E-state index in [1.165, 1.54) is 18.2 Å². The van der Waals surface area contributed by atoms with E-state index in [1.54, 1.807) is 7.11 Å². The van der Waals surface area contributed by atoms with E-state index >= 15 is 0 Å². The molecule has 1 aliphatic heterocycles. The van der Waals surface area contributed by atoms with Gasteiger partial charge in [-0.2, -0.15) is 0 Å². The monoisotopic (exact) mass is 431 g/mol. The number of ether oxygens (including phenoxy) is 1. The molecule has 0 spiro atoms. The minimum Gasteiger partial charge on any atom is -0.497 e. The maximum atomic E-state index is 12.9. The quantitative estimate of drug-likeness (QED) is 0.588. The van der Waals surface area contributed by atoms with Crippen LogP contribution in [0.15, 0.2) is 47.4 Å². The predicted octanol–water partition coefficient (Wildman–Crippen LogP) is 1.94. The molecule has 0 aliphatic carbocycles. The zero-order valence-electron chi connectivity index (χ0n) is 17.1. The predicted molar refractivity (Wildman–Crippen MR) is 112 cm³/mol. The third-order valence-corrected chi connectivity index (χ3v) is 6.64. The summed E-state index contributed by atoms with van der Waals surface area (Å²) in [5.41, 5.74) is 1.17. The highest BCUT2D eigenvalue weighted by Crippen LogP contribution is 2.25. The summed E-state index contributed by atoms with van der Waals surface area (Å²) in [6.07, 6.45) is 0. The van der Waals surface area contributed by atoms with Crippen LogP contribution < -0.4 is 14.8 Å². The first-order valence-corrected chi connectivity index (χ1v) is 11.2. The van der Waals surface area contributed by atoms with E-state index in [1.807, 2.05) is 38.1 Å². The van der Waals surface area contributed by atoms with Gasteiger partial charge in [0.25, 0.3) is 11.8 Å². The van der Waals surface area contributed by atoms with E-state index in [2.05, 4.69) is 14.9 Å². The highest BCUT2D eigenvalue weighted by Gasteiger charge is 2.29. The number of carbonyl (C=O) groups is 2. The number of imide groups is 1. The SMILES string of the molecule is CCN(CC)C(CNS(=O)(=O)c1ccc2c(c1)C(=O)NC2=O)c1cccc(OC)c1. The minimum atomic E-state index is -3.89. The van der Waals surface area contributed by atoms with Crippen molar-refractivity contribution in [3.63, 3.8) is 0 Å². The van der Waals surface area contributed by atoms with Gasteiger partial charge in [0.15, 0.2) is 0 Å². The van der Waals surface area contributed by atoms with Gasteiger partial charge >= 0.3 is 0 Å². The molecule has 160 valence electrons. The summed E-state index contributed by atoms with van der Waals surface area (Å²) in [4.78, 5) is 25.6. The number of hydrogen-bond donors (Lipinski definition) is 2. The largest absolute Gasteiger partial charge is 0.497 e. The molecule has 0 bridgehead atoms. The number of nitrogens with zero attached hydrogens (tertiary/aromatic N) is 1. The Bertz CT molecular complexity index is 1060. The van der Waals surface area contributed by atoms with Crippen LogP contribution in [0.4, 0.5) is 0 Å². The molecule has 0 radical (unpaired) electrons. The Morgan fingerprint density at radius 3 is 2.40 bits per heavy atom. The van der Waals surface area contributed by atoms with Gasteiger partial charge in [0, 0.05) is 12.6 Å². The topological polar surface area (TPSA) is 105 Å². The molecule has 1 aliphatic rings. The lowest BCUT2D eigenvalue weighted by Gasteiger charge is -2.30. The first kappa shape index (κ1) is 21.9. The number of benzene rings is 2. The van der Waals surface area contributed by atoms with Gasteiger partial charge in [-0.3, -0.25) is 19.8 Å². The fourth-order valence-corrected chi connectivity index (χ4v) is 4.62. The van der Waals surface area contributed by atoms with E-state index in [4.69, 9.17) is 4.74 Å². The summed E-state index contributed by atoms with van der Waals surface area (Å²) in [5, 5.41) is 2.16. The number of hydrogen-bond acceptors (Lipinski definition) is 6. The first-order chi connectivity index (χ1) is 14.3. The molecule has 2 amide bonds. The molecule has 0 saturated heterocycles. The first-order valence-electron chi connectivity index (χ1n) is 9.68. The van der Waals surface area contributed by atoms with Crippen molar-refractivity contribution in [2.45, 2.75) is 24.8 Å². The van der Waals surface area contributed by atoms with Crippen LogP contribution >= 0.6 is 0 Å². The average molecular weight is 432 g/mol. The maximum Gasteiger partial charge on any atom is 0.258 e. The lowest BCUT2D eigenvalue weighted by molar-refractivity contribution is 0.0879. The number of amides is 2. The fraction of sp³-hybridized carbons (Fsp3) is 0.333. The van der Waals surface area contributed by atoms with Crippen LogP contribution in [-0.2, 0) is 10.0 Å². The minimum absolute atomic E-state index is 0.0601. The van der Waals surface area contributed by atoms with Crippen molar-refractivity contribution in [3.8, 4) is 5.75 Å². The van der Waals surface area contributed by atoms with Crippen LogP contribution in [0.5, 0.6) is 5.75 Å². The van der Waals surface area contributed by atoms with E-state index in [0.717, 1.165) is 18.7 Å². The Balaban J connectivity index is 1.86. The van der Waals surface area contributed by atoms with Crippen molar-refractivity contribution in [1.29, 1.82) is 0 Å². The number of likely N-dealkylation sites (N-methyl/N-ethyl adjacent to an activating group) is 1. The van der Waals surface area contributed by atoms with Crippen LogP contribution in [0.25, 0.3) is 0 Å². The van der Waals surface area contributed by atoms with Crippen LogP contribution in [0, 0.1) is 0 Å². The molecule has 3 rings (SSSR count). The Morgan fingerprint density at radius 1 is 1.03 bits per heavy atom. The summed E-state index contributed by atoms with van der Waals surface area (Å²) < 4.78 is 33.8. The molecule has 8 nitrogen and oxygen atoms in total. The van der Waals surface area contributed by atoms with E-state index in [0.29, 0.717) is 5.75 Å². The van der Waals surface area contributed by atoms with Crippen molar-refractivity contribution in [3.05, 3.63) is 59.2 Å². The van der Waals surface area contributed by atoms with Gasteiger partial charge in [0.2, 0.25) is 10.0 Å². The standard InChI is InChI=1S/C21H25N3O5S/c1-4-24(5-2)19(14-7-6-8-15(11-14)29-3)13-22-30(27,28)16-9-10-17-18(12-16)21(26)23-20(17)25/h6-12,19,22H,4-5,13H2,1-3H3,(H,23,25,26). The second-order valence-electron chi connectivity index (χ2n) is 6.86. The molecule has 2 aromatic carbocycles. The number of methoxy groups -OCH3 is 1. The van der Waals surface area contributed by atoms with Gasteiger partial charge in [-0.05, 0) is 49.0 Å². The lowest BCUT2D eigenvalue weighted by Crippen LogP contribution is -2.38. The summed E-state index contributed by atoms with van der Waals surface area (Å²) >= 11 is 0. The zero-order valence-corrected chi connectivity index (χ0v) is 18.0. The van der Waals surface area contributed by atoms with Gasteiger partial charge in [-0.25, -0.2) is 13.1 Å². The summed E-state index contributed by atoms with van der Waals surface area (Å²) in [6, 6.07) is 11.2. The number of sulfonamides is 1. The molecule has 2 aromatic rings. The third kappa shape index (κ3) is 4.38. The van der Waals surface area contributed by atoms with E-state index < -0.39 is 21.8 Å². The van der Waals surface area contributed by atoms with Crippen molar-refractivity contribution in [2.24, 2.45) is 0 Å². The molecule has 1 heterocycles. The molecule has 2 N–H and O–H groups in total. The number of nitrogens with one attached hydrogen (secondary N) is 2. The van der Waals surface area contributed by atoms with Gasteiger partial charge in [-0.1, -0.05) is 26.0 Å². The highest BCUT2D eigenvalue weighted by molar-refractivity contribution is 7.89. The van der Waals surface area contributed by atoms with Crippen molar-refractivity contribution < 1.29 is 22.7 Å². The summed E-state index contributed by atoms with van der Waals surface area (Å²) in [6.45, 7) is 5.64. The Kier molecular flexibility index (Phi) is 6.55. The highest BCUT2D eigenvalue weighted by atomic mass is 32.2. The smallest absolute Gasteiger partial charge is 0.258 e. The average Bonchev–Trinajstić information content (AvgIpc) is 3.04. The molecule has 9 heteroatoms. The van der Waals surface area contributed by atoms with Gasteiger partial charge < -0.3 is 4.74 Å². The molecule has 0 saturated carbocycles. The molecule has 0 fully saturated rings. The number of rotatable bonds is 9. The molecule has 1 atom stereocenters. The second kappa shape index (κ2) is 8.95. The molecule has 30 heavy (non-hydrogen) atoms. The van der Waals surface area contributed by atoms with Crippen LogP contribution in [0.3, 0.4) is 0 Å².